The Balaban J connectivity index is 1.95. The maximum atomic E-state index is 12.4. The van der Waals surface area contributed by atoms with Gasteiger partial charge < -0.3 is 20.1 Å². The Labute approximate surface area is 157 Å². The fourth-order valence-electron chi connectivity index (χ4n) is 3.38. The number of nitrogens with zero attached hydrogens (tertiary/aromatic N) is 1. The molecule has 0 spiro atoms. The van der Waals surface area contributed by atoms with Gasteiger partial charge in [-0.05, 0) is 48.4 Å². The summed E-state index contributed by atoms with van der Waals surface area (Å²) in [5, 5.41) is 13.1. The van der Waals surface area contributed by atoms with Gasteiger partial charge in [0, 0.05) is 18.8 Å². The monoisotopic (exact) mass is 388 g/mol. The highest BCUT2D eigenvalue weighted by Gasteiger charge is 2.37. The normalized spacial score (nSPS) is 21.1. The van der Waals surface area contributed by atoms with E-state index in [0.717, 1.165) is 0 Å². The van der Waals surface area contributed by atoms with Crippen molar-refractivity contribution in [3.63, 3.8) is 0 Å². The van der Waals surface area contributed by atoms with Crippen molar-refractivity contribution >= 4 is 11.7 Å². The molecule has 2 atom stereocenters. The average molecular weight is 388 g/mol. The van der Waals surface area contributed by atoms with E-state index in [9.17, 15) is 23.1 Å². The van der Waals surface area contributed by atoms with Crippen LogP contribution in [0.5, 0.6) is 5.75 Å². The van der Waals surface area contributed by atoms with Crippen LogP contribution in [0.2, 0.25) is 0 Å². The maximum Gasteiger partial charge on any atom is 0.422 e. The minimum absolute atomic E-state index is 0.0364. The third-order valence-corrected chi connectivity index (χ3v) is 4.80. The van der Waals surface area contributed by atoms with Crippen LogP contribution in [0.3, 0.4) is 0 Å². The Morgan fingerprint density at radius 2 is 2.00 bits per heavy atom. The number of hydrogen-bond acceptors (Lipinski definition) is 3. The summed E-state index contributed by atoms with van der Waals surface area (Å²) in [6.07, 6.45) is -4.29. The first kappa shape index (κ1) is 21.3. The van der Waals surface area contributed by atoms with E-state index in [-0.39, 0.29) is 29.7 Å². The molecule has 2 N–H and O–H groups in total. The first-order valence-electron chi connectivity index (χ1n) is 8.91. The zero-order valence-electron chi connectivity index (χ0n) is 16.1. The third-order valence-electron chi connectivity index (χ3n) is 4.80. The summed E-state index contributed by atoms with van der Waals surface area (Å²) in [4.78, 5) is 14.0. The maximum absolute atomic E-state index is 12.4. The third kappa shape index (κ3) is 6.02. The number of benzene rings is 1. The van der Waals surface area contributed by atoms with Crippen LogP contribution in [0.1, 0.15) is 32.8 Å². The minimum Gasteiger partial charge on any atom is -0.484 e. The summed E-state index contributed by atoms with van der Waals surface area (Å²) in [7, 11) is 0. The highest BCUT2D eigenvalue weighted by atomic mass is 19.4. The molecule has 0 aromatic heterocycles. The number of aryl methyl sites for hydroxylation is 1. The summed E-state index contributed by atoms with van der Waals surface area (Å²) in [5.41, 5.74) is 0.915. The van der Waals surface area contributed by atoms with E-state index in [1.165, 1.54) is 12.1 Å². The number of likely N-dealkylation sites (tertiary alicyclic amines) is 1. The Morgan fingerprint density at radius 1 is 1.33 bits per heavy atom. The summed E-state index contributed by atoms with van der Waals surface area (Å²) in [5.74, 6) is 0.237. The molecule has 1 aliphatic heterocycles. The topological polar surface area (TPSA) is 61.8 Å². The standard InChI is InChI=1S/C19H27F3N2O3/c1-12-9-13(5-6-16(12)27-11-19(20,21)22)23-17(26)24-8-7-14(15(25)10-24)18(2,3)4/h5-6,9,14-15,25H,7-8,10-11H2,1-4H3,(H,23,26). The zero-order valence-corrected chi connectivity index (χ0v) is 16.1. The minimum atomic E-state index is -4.40. The first-order valence-corrected chi connectivity index (χ1v) is 8.91. The predicted octanol–water partition coefficient (Wildman–Crippen LogP) is 4.20. The van der Waals surface area contributed by atoms with Gasteiger partial charge in [-0.1, -0.05) is 20.8 Å². The van der Waals surface area contributed by atoms with E-state index in [1.54, 1.807) is 17.9 Å². The molecule has 1 aliphatic rings. The molecule has 1 aromatic rings. The Morgan fingerprint density at radius 3 is 2.52 bits per heavy atom. The van der Waals surface area contributed by atoms with Crippen LogP contribution in [0.4, 0.5) is 23.7 Å². The van der Waals surface area contributed by atoms with Crippen LogP contribution < -0.4 is 10.1 Å². The van der Waals surface area contributed by atoms with Gasteiger partial charge in [0.15, 0.2) is 6.61 Å². The molecule has 1 aromatic carbocycles. The van der Waals surface area contributed by atoms with Gasteiger partial charge in [-0.3, -0.25) is 0 Å². The van der Waals surface area contributed by atoms with E-state index < -0.39 is 18.9 Å². The molecular formula is C19H27F3N2O3. The summed E-state index contributed by atoms with van der Waals surface area (Å²) in [6, 6.07) is 4.11. The van der Waals surface area contributed by atoms with Crippen molar-refractivity contribution in [2.45, 2.75) is 46.4 Å². The van der Waals surface area contributed by atoms with E-state index in [1.807, 2.05) is 0 Å². The van der Waals surface area contributed by atoms with Crippen molar-refractivity contribution in [3.05, 3.63) is 23.8 Å². The van der Waals surface area contributed by atoms with Gasteiger partial charge in [0.05, 0.1) is 6.10 Å². The summed E-state index contributed by atoms with van der Waals surface area (Å²) >= 11 is 0. The second kappa shape index (κ2) is 7.96. The van der Waals surface area contributed by atoms with Crippen LogP contribution in [-0.4, -0.2) is 48.0 Å². The molecule has 27 heavy (non-hydrogen) atoms. The molecular weight excluding hydrogens is 361 g/mol. The number of ether oxygens (including phenoxy) is 1. The fraction of sp³-hybridized carbons (Fsp3) is 0.632. The Hall–Kier alpha value is -1.96. The number of halogens is 3. The second-order valence-corrected chi connectivity index (χ2v) is 8.09. The number of β-amino-alcohol motifs (C(OH)–C–C–N with tert-alkyl or cyclic N) is 1. The van der Waals surface area contributed by atoms with Crippen LogP contribution >= 0.6 is 0 Å². The molecule has 1 heterocycles. The van der Waals surface area contributed by atoms with Gasteiger partial charge in [-0.25, -0.2) is 4.79 Å². The average Bonchev–Trinajstić information content (AvgIpc) is 2.51. The number of carbonyl (C=O) groups excluding carboxylic acids is 1. The van der Waals surface area contributed by atoms with E-state index >= 15 is 0 Å². The number of nitrogens with one attached hydrogen (secondary N) is 1. The van der Waals surface area contributed by atoms with Crippen molar-refractivity contribution in [1.82, 2.24) is 4.90 Å². The van der Waals surface area contributed by atoms with Gasteiger partial charge in [0.1, 0.15) is 5.75 Å². The van der Waals surface area contributed by atoms with Crippen molar-refractivity contribution in [3.8, 4) is 5.75 Å². The van der Waals surface area contributed by atoms with Crippen LogP contribution in [0.25, 0.3) is 0 Å². The molecule has 152 valence electrons. The first-order chi connectivity index (χ1) is 12.4. The summed E-state index contributed by atoms with van der Waals surface area (Å²) < 4.78 is 41.5. The number of anilines is 1. The second-order valence-electron chi connectivity index (χ2n) is 8.09. The number of aliphatic hydroxyl groups is 1. The fourth-order valence-corrected chi connectivity index (χ4v) is 3.38. The molecule has 2 amide bonds. The van der Waals surface area contributed by atoms with Crippen molar-refractivity contribution in [1.29, 1.82) is 0 Å². The highest BCUT2D eigenvalue weighted by molar-refractivity contribution is 5.89. The van der Waals surface area contributed by atoms with E-state index in [4.69, 9.17) is 4.74 Å². The largest absolute Gasteiger partial charge is 0.484 e. The number of piperidine rings is 1. The molecule has 1 fully saturated rings. The number of aliphatic hydroxyl groups excluding tert-OH is 1. The molecule has 2 rings (SSSR count). The van der Waals surface area contributed by atoms with Gasteiger partial charge in [0.2, 0.25) is 0 Å². The molecule has 0 aliphatic carbocycles. The predicted molar refractivity (Wildman–Crippen MR) is 96.9 cm³/mol. The van der Waals surface area contributed by atoms with Crippen LogP contribution in [0, 0.1) is 18.3 Å². The van der Waals surface area contributed by atoms with Gasteiger partial charge in [-0.15, -0.1) is 0 Å². The zero-order chi connectivity index (χ0) is 20.4. The number of alkyl halides is 3. The number of rotatable bonds is 3. The van der Waals surface area contributed by atoms with E-state index in [0.29, 0.717) is 24.2 Å². The van der Waals surface area contributed by atoms with E-state index in [2.05, 4.69) is 26.1 Å². The molecule has 1 saturated heterocycles. The quantitative estimate of drug-likeness (QED) is 0.816. The lowest BCUT2D eigenvalue weighted by Crippen LogP contribution is -2.51. The van der Waals surface area contributed by atoms with Gasteiger partial charge in [0.25, 0.3) is 0 Å². The van der Waals surface area contributed by atoms with Crippen LogP contribution in [-0.2, 0) is 0 Å². The molecule has 0 radical (unpaired) electrons. The number of amides is 2. The number of urea groups is 1. The van der Waals surface area contributed by atoms with Crippen molar-refractivity contribution < 1.29 is 27.8 Å². The Kier molecular flexibility index (Phi) is 6.29. The molecule has 0 bridgehead atoms. The van der Waals surface area contributed by atoms with Crippen LogP contribution in [0.15, 0.2) is 18.2 Å². The van der Waals surface area contributed by atoms with Gasteiger partial charge in [-0.2, -0.15) is 13.2 Å². The smallest absolute Gasteiger partial charge is 0.422 e. The molecule has 2 unspecified atom stereocenters. The molecule has 5 nitrogen and oxygen atoms in total. The molecule has 0 saturated carbocycles. The number of hydrogen-bond donors (Lipinski definition) is 2. The Bertz CT molecular complexity index is 671. The van der Waals surface area contributed by atoms with Crippen molar-refractivity contribution in [2.75, 3.05) is 25.0 Å². The lowest BCUT2D eigenvalue weighted by Gasteiger charge is -2.42. The van der Waals surface area contributed by atoms with Gasteiger partial charge >= 0.3 is 12.2 Å². The highest BCUT2D eigenvalue weighted by Crippen LogP contribution is 2.34. The number of carbonyl (C=O) groups is 1. The lowest BCUT2D eigenvalue weighted by atomic mass is 9.74. The SMILES string of the molecule is Cc1cc(NC(=O)N2CCC(C(C)(C)C)C(O)C2)ccc1OCC(F)(F)F. The summed E-state index contributed by atoms with van der Waals surface area (Å²) in [6.45, 7) is 7.25. The van der Waals surface area contributed by atoms with Crippen molar-refractivity contribution in [2.24, 2.45) is 11.3 Å². The lowest BCUT2D eigenvalue weighted by molar-refractivity contribution is -0.153. The molecule has 8 heteroatoms.